The van der Waals surface area contributed by atoms with E-state index < -0.39 is 0 Å². The quantitative estimate of drug-likeness (QED) is 0.600. The number of aromatic nitrogens is 1. The standard InChI is InChI=1S/C17H22NO2S.ClH/c1-11-7-12(2)17(13(3)8-11)15(20)9-18-10-21-16(5-6-19)14(18)4;/h7-8,10,19H,5-6,9H2,1-4H3;1H/q+1;/p-1. The van der Waals surface area contributed by atoms with Crippen LogP contribution in [0.25, 0.3) is 0 Å². The molecule has 120 valence electrons. The van der Waals surface area contributed by atoms with Gasteiger partial charge in [0.2, 0.25) is 17.8 Å². The molecule has 0 radical (unpaired) electrons. The predicted molar refractivity (Wildman–Crippen MR) is 85.0 cm³/mol. The first-order valence-electron chi connectivity index (χ1n) is 7.12. The third-order valence-corrected chi connectivity index (χ3v) is 4.91. The van der Waals surface area contributed by atoms with Crippen LogP contribution >= 0.6 is 11.3 Å². The smallest absolute Gasteiger partial charge is 0.228 e. The molecule has 0 aliphatic rings. The Hall–Kier alpha value is -1.23. The summed E-state index contributed by atoms with van der Waals surface area (Å²) in [6.07, 6.45) is 0.653. The molecule has 5 heteroatoms. The number of rotatable bonds is 5. The van der Waals surface area contributed by atoms with Gasteiger partial charge in [-0.1, -0.05) is 29.0 Å². The third-order valence-electron chi connectivity index (χ3n) is 3.77. The van der Waals surface area contributed by atoms with Crippen molar-refractivity contribution in [3.63, 3.8) is 0 Å². The van der Waals surface area contributed by atoms with Gasteiger partial charge in [0.25, 0.3) is 0 Å². The Balaban J connectivity index is 0.00000242. The van der Waals surface area contributed by atoms with Crippen molar-refractivity contribution in [2.24, 2.45) is 0 Å². The number of hydrogen-bond donors (Lipinski definition) is 1. The van der Waals surface area contributed by atoms with Gasteiger partial charge in [-0.3, -0.25) is 4.79 Å². The molecule has 22 heavy (non-hydrogen) atoms. The van der Waals surface area contributed by atoms with Crippen LogP contribution in [-0.4, -0.2) is 17.5 Å². The number of nitrogens with zero attached hydrogens (tertiary/aromatic N) is 1. The molecule has 0 unspecified atom stereocenters. The van der Waals surface area contributed by atoms with Gasteiger partial charge in [0.15, 0.2) is 5.69 Å². The van der Waals surface area contributed by atoms with Gasteiger partial charge < -0.3 is 17.5 Å². The summed E-state index contributed by atoms with van der Waals surface area (Å²) in [6.45, 7) is 8.55. The van der Waals surface area contributed by atoms with Crippen molar-refractivity contribution in [2.75, 3.05) is 6.61 Å². The van der Waals surface area contributed by atoms with Crippen LogP contribution in [0.5, 0.6) is 0 Å². The Bertz CT molecular complexity index is 656. The van der Waals surface area contributed by atoms with Gasteiger partial charge in [0.1, 0.15) is 0 Å². The maximum atomic E-state index is 12.6. The average molecular weight is 340 g/mol. The lowest BCUT2D eigenvalue weighted by molar-refractivity contribution is -0.684. The average Bonchev–Trinajstić information content (AvgIpc) is 2.71. The van der Waals surface area contributed by atoms with Crippen molar-refractivity contribution in [3.05, 3.63) is 50.5 Å². The monoisotopic (exact) mass is 339 g/mol. The molecule has 0 saturated carbocycles. The van der Waals surface area contributed by atoms with Gasteiger partial charge in [0, 0.05) is 25.5 Å². The number of aliphatic hydroxyl groups excluding tert-OH is 1. The van der Waals surface area contributed by atoms with Crippen LogP contribution in [0.15, 0.2) is 17.6 Å². The number of aryl methyl sites for hydroxylation is 3. The lowest BCUT2D eigenvalue weighted by Crippen LogP contribution is -3.00. The highest BCUT2D eigenvalue weighted by molar-refractivity contribution is 7.09. The van der Waals surface area contributed by atoms with Gasteiger partial charge >= 0.3 is 0 Å². The maximum absolute atomic E-state index is 12.6. The molecule has 0 aliphatic heterocycles. The van der Waals surface area contributed by atoms with E-state index in [9.17, 15) is 4.79 Å². The molecule has 1 aromatic heterocycles. The second kappa shape index (κ2) is 7.86. The largest absolute Gasteiger partial charge is 1.00 e. The van der Waals surface area contributed by atoms with Crippen molar-refractivity contribution in [1.82, 2.24) is 0 Å². The predicted octanol–water partition coefficient (Wildman–Crippen LogP) is -0.309. The normalized spacial score (nSPS) is 10.4. The number of ketones is 1. The minimum atomic E-state index is 0. The molecule has 0 fully saturated rings. The maximum Gasteiger partial charge on any atom is 0.228 e. The number of carbonyl (C=O) groups excluding carboxylic acids is 1. The molecule has 0 atom stereocenters. The third kappa shape index (κ3) is 3.94. The summed E-state index contributed by atoms with van der Waals surface area (Å²) < 4.78 is 1.98. The van der Waals surface area contributed by atoms with Crippen molar-refractivity contribution < 1.29 is 26.9 Å². The molecule has 3 nitrogen and oxygen atoms in total. The zero-order valence-corrected chi connectivity index (χ0v) is 15.0. The number of Topliss-reactive ketones (excluding diaryl/α,β-unsaturated/α-hetero) is 1. The van der Waals surface area contributed by atoms with E-state index in [-0.39, 0.29) is 24.8 Å². The second-order valence-electron chi connectivity index (χ2n) is 5.53. The van der Waals surface area contributed by atoms with E-state index in [0.29, 0.717) is 13.0 Å². The van der Waals surface area contributed by atoms with Crippen LogP contribution in [0.4, 0.5) is 0 Å². The van der Waals surface area contributed by atoms with Crippen LogP contribution < -0.4 is 17.0 Å². The van der Waals surface area contributed by atoms with Gasteiger partial charge in [0.05, 0.1) is 4.88 Å². The topological polar surface area (TPSA) is 41.2 Å². The molecular formula is C17H22ClNO2S. The van der Waals surface area contributed by atoms with E-state index >= 15 is 0 Å². The van der Waals surface area contributed by atoms with E-state index in [1.54, 1.807) is 11.3 Å². The number of carbonyl (C=O) groups is 1. The summed E-state index contributed by atoms with van der Waals surface area (Å²) in [5.74, 6) is 0.145. The minimum absolute atomic E-state index is 0. The van der Waals surface area contributed by atoms with E-state index in [0.717, 1.165) is 27.3 Å². The second-order valence-corrected chi connectivity index (χ2v) is 6.47. The van der Waals surface area contributed by atoms with Crippen molar-refractivity contribution in [1.29, 1.82) is 0 Å². The highest BCUT2D eigenvalue weighted by Crippen LogP contribution is 2.18. The van der Waals surface area contributed by atoms with E-state index in [4.69, 9.17) is 5.11 Å². The molecule has 2 rings (SSSR count). The molecule has 0 bridgehead atoms. The summed E-state index contributed by atoms with van der Waals surface area (Å²) in [5.41, 5.74) is 7.15. The van der Waals surface area contributed by atoms with E-state index in [1.165, 1.54) is 5.56 Å². The summed E-state index contributed by atoms with van der Waals surface area (Å²) in [5, 5.41) is 9.04. The molecule has 1 heterocycles. The summed E-state index contributed by atoms with van der Waals surface area (Å²) in [7, 11) is 0. The molecule has 0 aliphatic carbocycles. The van der Waals surface area contributed by atoms with Crippen molar-refractivity contribution >= 4 is 17.1 Å². The van der Waals surface area contributed by atoms with Crippen LogP contribution in [0, 0.1) is 27.7 Å². The lowest BCUT2D eigenvalue weighted by Gasteiger charge is -2.08. The number of hydrogen-bond acceptors (Lipinski definition) is 3. The Kier molecular flexibility index (Phi) is 6.72. The number of thiazole rings is 1. The molecule has 1 N–H and O–H groups in total. The Morgan fingerprint density at radius 2 is 1.77 bits per heavy atom. The van der Waals surface area contributed by atoms with Gasteiger partial charge in [-0.25, -0.2) is 0 Å². The summed E-state index contributed by atoms with van der Waals surface area (Å²) in [6, 6.07) is 4.12. The van der Waals surface area contributed by atoms with Crippen LogP contribution in [0.2, 0.25) is 0 Å². The van der Waals surface area contributed by atoms with Crippen molar-refractivity contribution in [3.8, 4) is 0 Å². The van der Waals surface area contributed by atoms with Crippen LogP contribution in [0.3, 0.4) is 0 Å². The summed E-state index contributed by atoms with van der Waals surface area (Å²) >= 11 is 1.60. The zero-order chi connectivity index (χ0) is 15.6. The van der Waals surface area contributed by atoms with Gasteiger partial charge in [-0.15, -0.1) is 0 Å². The fourth-order valence-electron chi connectivity index (χ4n) is 2.80. The van der Waals surface area contributed by atoms with E-state index in [2.05, 4.69) is 12.1 Å². The number of aliphatic hydroxyl groups is 1. The fourth-order valence-corrected chi connectivity index (χ4v) is 3.79. The molecule has 0 saturated heterocycles. The van der Waals surface area contributed by atoms with Gasteiger partial charge in [-0.2, -0.15) is 4.57 Å². The van der Waals surface area contributed by atoms with Crippen LogP contribution in [0.1, 0.15) is 37.6 Å². The first-order valence-corrected chi connectivity index (χ1v) is 8.00. The SMILES string of the molecule is Cc1cc(C)c(C(=O)C[n+]2csc(CCO)c2C)c(C)c1.[Cl-]. The first kappa shape index (κ1) is 18.8. The van der Waals surface area contributed by atoms with Gasteiger partial charge in [-0.05, 0) is 31.9 Å². The number of benzene rings is 1. The Labute approximate surface area is 142 Å². The van der Waals surface area contributed by atoms with Crippen molar-refractivity contribution in [2.45, 2.75) is 40.7 Å². The number of halogens is 1. The highest BCUT2D eigenvalue weighted by Gasteiger charge is 2.21. The molecule has 0 spiro atoms. The molecule has 2 aromatic rings. The summed E-state index contributed by atoms with van der Waals surface area (Å²) in [4.78, 5) is 13.8. The molecule has 0 amide bonds. The Morgan fingerprint density at radius 1 is 1.18 bits per heavy atom. The fraction of sp³-hybridized carbons (Fsp3) is 0.412. The molecule has 1 aromatic carbocycles. The highest BCUT2D eigenvalue weighted by atomic mass is 35.5. The first-order chi connectivity index (χ1) is 9.93. The van der Waals surface area contributed by atoms with Crippen LogP contribution in [-0.2, 0) is 13.0 Å². The minimum Gasteiger partial charge on any atom is -1.00 e. The molecular weight excluding hydrogens is 318 g/mol. The lowest BCUT2D eigenvalue weighted by atomic mass is 9.96. The zero-order valence-electron chi connectivity index (χ0n) is 13.4. The Morgan fingerprint density at radius 3 is 2.32 bits per heavy atom. The van der Waals surface area contributed by atoms with E-state index in [1.807, 2.05) is 37.8 Å².